The molecule has 0 aromatic heterocycles. The largest absolute Gasteiger partial charge is 0.450 e. The fraction of sp³-hybridized carbons (Fsp3) is 0. The van der Waals surface area contributed by atoms with E-state index in [1.54, 1.807) is 0 Å². The monoisotopic (exact) mass is 118 g/mol. The summed E-state index contributed by atoms with van der Waals surface area (Å²) in [5.74, 6) is 0. The summed E-state index contributed by atoms with van der Waals surface area (Å²) < 4.78 is 5.06. The first-order valence-electron chi connectivity index (χ1n) is 2.90. The van der Waals surface area contributed by atoms with Crippen LogP contribution in [0, 0.1) is 10.8 Å². The molecular formula is C8H6O. The van der Waals surface area contributed by atoms with Crippen molar-refractivity contribution >= 4 is 0 Å². The maximum absolute atomic E-state index is 5.06. The maximum atomic E-state index is 5.06. The second-order valence-electron chi connectivity index (χ2n) is 1.93. The molecule has 0 radical (unpaired) electrons. The zero-order chi connectivity index (χ0) is 6.10. The molecule has 44 valence electrons. The highest BCUT2D eigenvalue weighted by molar-refractivity contribution is 5.02. The summed E-state index contributed by atoms with van der Waals surface area (Å²) in [5, 5.41) is 0. The molecule has 1 heterocycles. The lowest BCUT2D eigenvalue weighted by atomic mass is 10.4. The van der Waals surface area contributed by atoms with E-state index >= 15 is 0 Å². The first-order valence-corrected chi connectivity index (χ1v) is 2.90. The van der Waals surface area contributed by atoms with Crippen molar-refractivity contribution in [2.45, 2.75) is 0 Å². The smallest absolute Gasteiger partial charge is 0.170 e. The average molecular weight is 118 g/mol. The van der Waals surface area contributed by atoms with Gasteiger partial charge in [-0.05, 0) is 12.1 Å². The predicted octanol–water partition coefficient (Wildman–Crippen LogP) is 2.00. The SMILES string of the molecule is c1cccc2oc=2cc1. The van der Waals surface area contributed by atoms with Gasteiger partial charge in [-0.15, -0.1) is 0 Å². The van der Waals surface area contributed by atoms with Crippen molar-refractivity contribution in [3.8, 4) is 0 Å². The molecule has 2 aliphatic rings. The fourth-order valence-electron chi connectivity index (χ4n) is 0.739. The molecule has 0 fully saturated rings. The molecule has 0 saturated carbocycles. The fourth-order valence-corrected chi connectivity index (χ4v) is 0.739. The van der Waals surface area contributed by atoms with Crippen LogP contribution < -0.4 is 0 Å². The summed E-state index contributed by atoms with van der Waals surface area (Å²) in [7, 11) is 0. The molecule has 0 bridgehead atoms. The van der Waals surface area contributed by atoms with E-state index in [1.807, 2.05) is 36.4 Å². The Morgan fingerprint density at radius 1 is 0.778 bits per heavy atom. The molecule has 1 aliphatic heterocycles. The zero-order valence-electron chi connectivity index (χ0n) is 4.87. The second kappa shape index (κ2) is 1.62. The van der Waals surface area contributed by atoms with Crippen molar-refractivity contribution in [1.82, 2.24) is 0 Å². The standard InChI is InChI=1S/C8H6O/c1-2-4-6-8-7(9-8)5-3-1/h1-6H. The highest BCUT2D eigenvalue weighted by Crippen LogP contribution is 2.02. The van der Waals surface area contributed by atoms with Crippen molar-refractivity contribution in [1.29, 1.82) is 0 Å². The van der Waals surface area contributed by atoms with Crippen LogP contribution in [0.1, 0.15) is 0 Å². The quantitative estimate of drug-likeness (QED) is 0.515. The summed E-state index contributed by atoms with van der Waals surface area (Å²) in [5.41, 5.74) is 1.99. The van der Waals surface area contributed by atoms with E-state index in [4.69, 9.17) is 4.42 Å². The molecule has 0 atom stereocenters. The molecule has 1 aliphatic carbocycles. The van der Waals surface area contributed by atoms with E-state index in [2.05, 4.69) is 0 Å². The lowest BCUT2D eigenvalue weighted by molar-refractivity contribution is 0.641. The zero-order valence-corrected chi connectivity index (χ0v) is 4.87. The van der Waals surface area contributed by atoms with Crippen LogP contribution in [-0.4, -0.2) is 0 Å². The number of hydrogen-bond donors (Lipinski definition) is 0. The predicted molar refractivity (Wildman–Crippen MR) is 34.0 cm³/mol. The summed E-state index contributed by atoms with van der Waals surface area (Å²) >= 11 is 0. The van der Waals surface area contributed by atoms with Gasteiger partial charge in [-0.3, -0.25) is 0 Å². The van der Waals surface area contributed by atoms with Gasteiger partial charge in [0.15, 0.2) is 10.8 Å². The molecule has 0 unspecified atom stereocenters. The molecule has 0 saturated heterocycles. The molecule has 2 rings (SSSR count). The van der Waals surface area contributed by atoms with Crippen molar-refractivity contribution < 1.29 is 4.42 Å². The Morgan fingerprint density at radius 2 is 1.33 bits per heavy atom. The van der Waals surface area contributed by atoms with Gasteiger partial charge < -0.3 is 4.42 Å². The van der Waals surface area contributed by atoms with Crippen LogP contribution >= 0.6 is 0 Å². The van der Waals surface area contributed by atoms with E-state index < -0.39 is 0 Å². The third kappa shape index (κ3) is 0.809. The van der Waals surface area contributed by atoms with E-state index in [9.17, 15) is 0 Å². The van der Waals surface area contributed by atoms with E-state index in [0.717, 1.165) is 10.8 Å². The highest BCUT2D eigenvalue weighted by Gasteiger charge is 1.91. The third-order valence-electron chi connectivity index (χ3n) is 1.25. The molecule has 0 aromatic rings. The van der Waals surface area contributed by atoms with E-state index in [-0.39, 0.29) is 0 Å². The Labute approximate surface area is 52.6 Å². The Hall–Kier alpha value is -1.24. The van der Waals surface area contributed by atoms with Crippen molar-refractivity contribution in [2.75, 3.05) is 0 Å². The number of rotatable bonds is 0. The first-order chi connectivity index (χ1) is 4.47. The van der Waals surface area contributed by atoms with Crippen molar-refractivity contribution in [3.05, 3.63) is 47.2 Å². The number of hydrogen-bond acceptors (Lipinski definition) is 1. The topological polar surface area (TPSA) is 13.1 Å². The Kier molecular flexibility index (Phi) is 0.833. The molecule has 1 heteroatoms. The minimum absolute atomic E-state index is 0.996. The Bertz CT molecular complexity index is 314. The van der Waals surface area contributed by atoms with Crippen molar-refractivity contribution in [3.63, 3.8) is 0 Å². The van der Waals surface area contributed by atoms with Gasteiger partial charge in [0, 0.05) is 0 Å². The van der Waals surface area contributed by atoms with Gasteiger partial charge in [-0.25, -0.2) is 0 Å². The van der Waals surface area contributed by atoms with Gasteiger partial charge >= 0.3 is 0 Å². The van der Waals surface area contributed by atoms with Crippen molar-refractivity contribution in [2.24, 2.45) is 0 Å². The summed E-state index contributed by atoms with van der Waals surface area (Å²) in [6, 6.07) is 11.8. The summed E-state index contributed by atoms with van der Waals surface area (Å²) in [6.07, 6.45) is 0. The van der Waals surface area contributed by atoms with E-state index in [0.29, 0.717) is 0 Å². The van der Waals surface area contributed by atoms with Gasteiger partial charge in [0.1, 0.15) is 0 Å². The molecular weight excluding hydrogens is 112 g/mol. The minimum Gasteiger partial charge on any atom is -0.450 e. The van der Waals surface area contributed by atoms with Gasteiger partial charge in [-0.1, -0.05) is 24.3 Å². The van der Waals surface area contributed by atoms with Crippen LogP contribution in [0.25, 0.3) is 0 Å². The molecule has 1 nitrogen and oxygen atoms in total. The molecule has 0 aromatic carbocycles. The molecule has 9 heavy (non-hydrogen) atoms. The highest BCUT2D eigenvalue weighted by atomic mass is 16.4. The van der Waals surface area contributed by atoms with Crippen LogP contribution in [0.2, 0.25) is 0 Å². The third-order valence-corrected chi connectivity index (χ3v) is 1.25. The van der Waals surface area contributed by atoms with Crippen LogP contribution in [0.15, 0.2) is 40.8 Å². The Balaban J connectivity index is 2.81. The van der Waals surface area contributed by atoms with E-state index in [1.165, 1.54) is 0 Å². The lowest BCUT2D eigenvalue weighted by Crippen LogP contribution is -1.47. The Morgan fingerprint density at radius 3 is 1.89 bits per heavy atom. The van der Waals surface area contributed by atoms with Crippen LogP contribution in [0.3, 0.4) is 0 Å². The molecule has 0 amide bonds. The van der Waals surface area contributed by atoms with Crippen LogP contribution in [0.4, 0.5) is 0 Å². The lowest BCUT2D eigenvalue weighted by Gasteiger charge is -1.62. The maximum Gasteiger partial charge on any atom is 0.170 e. The van der Waals surface area contributed by atoms with Gasteiger partial charge in [0.2, 0.25) is 0 Å². The van der Waals surface area contributed by atoms with Gasteiger partial charge in [0.05, 0.1) is 0 Å². The average Bonchev–Trinajstić information content (AvgIpc) is 2.46. The van der Waals surface area contributed by atoms with Gasteiger partial charge in [0.25, 0.3) is 0 Å². The minimum atomic E-state index is 0.996. The summed E-state index contributed by atoms with van der Waals surface area (Å²) in [4.78, 5) is 0. The first kappa shape index (κ1) is 4.62. The second-order valence-corrected chi connectivity index (χ2v) is 1.93. The molecule has 0 spiro atoms. The van der Waals surface area contributed by atoms with Crippen LogP contribution in [0.5, 0.6) is 0 Å². The van der Waals surface area contributed by atoms with Gasteiger partial charge in [-0.2, -0.15) is 0 Å². The normalized spacial score (nSPS) is 10.2. The summed E-state index contributed by atoms with van der Waals surface area (Å²) in [6.45, 7) is 0. The molecule has 0 N–H and O–H groups in total. The van der Waals surface area contributed by atoms with Crippen LogP contribution in [-0.2, 0) is 0 Å².